The fraction of sp³-hybridized carbons (Fsp3) is 0.385. The van der Waals surface area contributed by atoms with E-state index in [9.17, 15) is 10.9 Å². The van der Waals surface area contributed by atoms with Gasteiger partial charge < -0.3 is 14.8 Å². The molecule has 3 heterocycles. The first-order valence-corrected chi connectivity index (χ1v) is 11.8. The monoisotopic (exact) mass is 483 g/mol. The van der Waals surface area contributed by atoms with E-state index in [4.69, 9.17) is 16.3 Å². The number of aliphatic hydroxyl groups excluding tert-OH is 1. The van der Waals surface area contributed by atoms with E-state index in [1.807, 2.05) is 19.2 Å². The molecule has 34 heavy (non-hydrogen) atoms. The fourth-order valence-corrected chi connectivity index (χ4v) is 5.32. The Kier molecular flexibility index (Phi) is 5.75. The second-order valence-corrected chi connectivity index (χ2v) is 9.31. The Morgan fingerprint density at radius 1 is 1.29 bits per heavy atom. The predicted octanol–water partition coefficient (Wildman–Crippen LogP) is 6.16. The topological polar surface area (TPSA) is 76.0 Å². The lowest BCUT2D eigenvalue weighted by atomic mass is 9.91. The Hall–Kier alpha value is -2.90. The van der Waals surface area contributed by atoms with Gasteiger partial charge in [0.1, 0.15) is 17.2 Å². The summed E-state index contributed by atoms with van der Waals surface area (Å²) in [5.41, 5.74) is 4.38. The number of fused-ring (bicyclic) bond motifs is 1. The molecule has 1 aliphatic carbocycles. The molecule has 2 N–H and O–H groups in total. The molecule has 1 aromatic carbocycles. The zero-order chi connectivity index (χ0) is 24.9. The molecular weight excluding hydrogens is 455 g/mol. The van der Waals surface area contributed by atoms with Crippen molar-refractivity contribution in [1.82, 2.24) is 19.7 Å². The van der Waals surface area contributed by atoms with Crippen molar-refractivity contribution >= 4 is 22.6 Å². The second-order valence-electron chi connectivity index (χ2n) is 8.94. The normalized spacial score (nSPS) is 20.8. The SMILES string of the molecule is [2H][C@@](C)(c1c(OC)ccc(F)c1Cl)c1c[nH]c2ncc(-c3cnn([C@H]4CC[C@H](O)CC4)c3C)cc12. The number of methoxy groups -OCH3 is 1. The van der Waals surface area contributed by atoms with Crippen LogP contribution in [0.25, 0.3) is 22.2 Å². The minimum Gasteiger partial charge on any atom is -0.496 e. The molecule has 4 aromatic rings. The van der Waals surface area contributed by atoms with Crippen LogP contribution in [-0.2, 0) is 0 Å². The number of pyridine rings is 1. The minimum atomic E-state index is -1.41. The highest BCUT2D eigenvalue weighted by Gasteiger charge is 2.25. The Bertz CT molecular complexity index is 1390. The van der Waals surface area contributed by atoms with Crippen molar-refractivity contribution in [2.45, 2.75) is 57.6 Å². The summed E-state index contributed by atoms with van der Waals surface area (Å²) in [5, 5.41) is 15.1. The van der Waals surface area contributed by atoms with E-state index in [0.29, 0.717) is 17.0 Å². The number of nitrogens with one attached hydrogen (secondary N) is 1. The van der Waals surface area contributed by atoms with Crippen LogP contribution in [0.2, 0.25) is 5.02 Å². The number of benzene rings is 1. The maximum absolute atomic E-state index is 14.4. The Labute approximate surface area is 204 Å². The van der Waals surface area contributed by atoms with Crippen molar-refractivity contribution < 1.29 is 15.6 Å². The lowest BCUT2D eigenvalue weighted by Gasteiger charge is -2.26. The number of aliphatic hydroxyl groups is 1. The number of hydrogen-bond acceptors (Lipinski definition) is 4. The summed E-state index contributed by atoms with van der Waals surface area (Å²) in [7, 11) is 1.48. The number of aromatic amines is 1. The molecule has 0 aliphatic heterocycles. The van der Waals surface area contributed by atoms with Gasteiger partial charge in [0, 0.05) is 47.4 Å². The molecule has 0 bridgehead atoms. The molecule has 6 nitrogen and oxygen atoms in total. The molecule has 0 spiro atoms. The number of ether oxygens (including phenoxy) is 1. The van der Waals surface area contributed by atoms with Crippen LogP contribution in [-0.4, -0.2) is 38.1 Å². The third-order valence-electron chi connectivity index (χ3n) is 6.95. The van der Waals surface area contributed by atoms with Crippen molar-refractivity contribution in [3.05, 3.63) is 64.5 Å². The van der Waals surface area contributed by atoms with E-state index >= 15 is 0 Å². The summed E-state index contributed by atoms with van der Waals surface area (Å²) < 4.78 is 31.1. The molecule has 0 radical (unpaired) electrons. The van der Waals surface area contributed by atoms with Crippen LogP contribution in [0.3, 0.4) is 0 Å². The summed E-state index contributed by atoms with van der Waals surface area (Å²) in [6.45, 7) is 3.72. The van der Waals surface area contributed by atoms with Crippen molar-refractivity contribution in [2.75, 3.05) is 7.11 Å². The van der Waals surface area contributed by atoms with Gasteiger partial charge in [0.05, 0.1) is 30.5 Å². The summed E-state index contributed by atoms with van der Waals surface area (Å²) in [4.78, 5) is 7.73. The standard InChI is InChI=1S/C26H28ClFN4O2/c1-14(24-23(34-3)9-8-22(28)25(24)27)20-12-30-26-19(20)10-16(11-29-26)21-13-31-32(15(21)2)17-4-6-18(33)7-5-17/h8-14,17-18,33H,4-7H2,1-3H3,(H,29,30)/t14-,17-,18-/m0/s1/i14D. The molecule has 1 atom stereocenters. The zero-order valence-corrected chi connectivity index (χ0v) is 20.2. The number of H-pyrrole nitrogens is 1. The van der Waals surface area contributed by atoms with E-state index in [1.54, 1.807) is 19.3 Å². The predicted molar refractivity (Wildman–Crippen MR) is 131 cm³/mol. The van der Waals surface area contributed by atoms with E-state index < -0.39 is 11.7 Å². The third kappa shape index (κ3) is 3.87. The maximum Gasteiger partial charge on any atom is 0.142 e. The Morgan fingerprint density at radius 3 is 2.79 bits per heavy atom. The van der Waals surface area contributed by atoms with Crippen LogP contribution in [0.15, 0.2) is 36.8 Å². The average Bonchev–Trinajstić information content (AvgIpc) is 3.44. The van der Waals surface area contributed by atoms with Crippen LogP contribution in [0.1, 0.15) is 62.7 Å². The molecule has 0 unspecified atom stereocenters. The first kappa shape index (κ1) is 21.6. The molecule has 0 amide bonds. The summed E-state index contributed by atoms with van der Waals surface area (Å²) >= 11 is 6.34. The highest BCUT2D eigenvalue weighted by molar-refractivity contribution is 6.31. The lowest BCUT2D eigenvalue weighted by Crippen LogP contribution is -2.22. The zero-order valence-electron chi connectivity index (χ0n) is 20.4. The highest BCUT2D eigenvalue weighted by atomic mass is 35.5. The van der Waals surface area contributed by atoms with Gasteiger partial charge in [-0.2, -0.15) is 5.10 Å². The smallest absolute Gasteiger partial charge is 0.142 e. The average molecular weight is 484 g/mol. The van der Waals surface area contributed by atoms with Gasteiger partial charge in [-0.05, 0) is 56.4 Å². The van der Waals surface area contributed by atoms with Gasteiger partial charge in [0.2, 0.25) is 0 Å². The lowest BCUT2D eigenvalue weighted by molar-refractivity contribution is 0.107. The molecule has 178 valence electrons. The van der Waals surface area contributed by atoms with Gasteiger partial charge >= 0.3 is 0 Å². The van der Waals surface area contributed by atoms with Crippen molar-refractivity contribution in [2.24, 2.45) is 0 Å². The minimum absolute atomic E-state index is 0.130. The number of halogens is 2. The molecule has 3 aromatic heterocycles. The van der Waals surface area contributed by atoms with Gasteiger partial charge in [0.15, 0.2) is 0 Å². The molecule has 1 saturated carbocycles. The summed E-state index contributed by atoms with van der Waals surface area (Å²) in [6.07, 6.45) is 8.51. The van der Waals surface area contributed by atoms with Gasteiger partial charge in [-0.25, -0.2) is 9.37 Å². The van der Waals surface area contributed by atoms with E-state index in [-0.39, 0.29) is 22.7 Å². The third-order valence-corrected chi connectivity index (χ3v) is 7.32. The quantitative estimate of drug-likeness (QED) is 0.356. The Morgan fingerprint density at radius 2 is 2.06 bits per heavy atom. The van der Waals surface area contributed by atoms with Crippen molar-refractivity contribution in [3.8, 4) is 16.9 Å². The molecule has 1 fully saturated rings. The molecule has 5 rings (SSSR count). The van der Waals surface area contributed by atoms with E-state index in [0.717, 1.165) is 47.9 Å². The van der Waals surface area contributed by atoms with Crippen LogP contribution in [0, 0.1) is 12.7 Å². The molecule has 1 aliphatic rings. The first-order chi connectivity index (χ1) is 16.7. The maximum atomic E-state index is 14.4. The number of nitrogens with zero attached hydrogens (tertiary/aromatic N) is 3. The number of hydrogen-bond donors (Lipinski definition) is 2. The molecule has 8 heteroatoms. The van der Waals surface area contributed by atoms with Crippen LogP contribution >= 0.6 is 11.6 Å². The van der Waals surface area contributed by atoms with E-state index in [1.165, 1.54) is 19.2 Å². The van der Waals surface area contributed by atoms with E-state index in [2.05, 4.69) is 19.7 Å². The highest BCUT2D eigenvalue weighted by Crippen LogP contribution is 2.41. The van der Waals surface area contributed by atoms with Gasteiger partial charge in [-0.15, -0.1) is 0 Å². The summed E-state index contributed by atoms with van der Waals surface area (Å²) in [5.74, 6) is -1.66. The summed E-state index contributed by atoms with van der Waals surface area (Å²) in [6, 6.07) is 4.98. The van der Waals surface area contributed by atoms with Gasteiger partial charge in [-0.1, -0.05) is 18.5 Å². The largest absolute Gasteiger partial charge is 0.496 e. The van der Waals surface area contributed by atoms with Gasteiger partial charge in [0.25, 0.3) is 0 Å². The van der Waals surface area contributed by atoms with Gasteiger partial charge in [-0.3, -0.25) is 4.68 Å². The molecule has 0 saturated heterocycles. The molecular formula is C26H28ClFN4O2. The number of aromatic nitrogens is 4. The second kappa shape index (κ2) is 9.04. The van der Waals surface area contributed by atoms with Crippen LogP contribution in [0.5, 0.6) is 5.75 Å². The first-order valence-electron chi connectivity index (χ1n) is 11.9. The Balaban J connectivity index is 1.58. The van der Waals surface area contributed by atoms with Crippen LogP contribution < -0.4 is 4.74 Å². The fourth-order valence-electron chi connectivity index (χ4n) is 5.03. The van der Waals surface area contributed by atoms with Crippen molar-refractivity contribution in [3.63, 3.8) is 0 Å². The number of rotatable bonds is 5. The van der Waals surface area contributed by atoms with Crippen molar-refractivity contribution in [1.29, 1.82) is 0 Å². The van der Waals surface area contributed by atoms with Crippen LogP contribution in [0.4, 0.5) is 4.39 Å².